The summed E-state index contributed by atoms with van der Waals surface area (Å²) in [5.74, 6) is -0.311. The molecule has 0 fully saturated rings. The number of benzene rings is 2. The molecule has 1 aliphatic carbocycles. The first-order valence-electron chi connectivity index (χ1n) is 7.00. The second-order valence-corrected chi connectivity index (χ2v) is 5.36. The van der Waals surface area contributed by atoms with Crippen LogP contribution in [0.4, 0.5) is 11.4 Å². The van der Waals surface area contributed by atoms with E-state index in [1.54, 1.807) is 24.3 Å². The van der Waals surface area contributed by atoms with Crippen LogP contribution in [-0.4, -0.2) is 25.7 Å². The monoisotopic (exact) mass is 292 g/mol. The molecule has 1 aliphatic rings. The maximum absolute atomic E-state index is 12.5. The molecule has 0 bridgehead atoms. The normalized spacial score (nSPS) is 13.5. The molecular formula is C18H16N2O2. The predicted molar refractivity (Wildman–Crippen MR) is 87.6 cm³/mol. The minimum absolute atomic E-state index is 0.150. The average Bonchev–Trinajstić information content (AvgIpc) is 2.53. The van der Waals surface area contributed by atoms with E-state index in [2.05, 4.69) is 5.32 Å². The third-order valence-corrected chi connectivity index (χ3v) is 3.62. The van der Waals surface area contributed by atoms with Crippen molar-refractivity contribution in [1.82, 2.24) is 0 Å². The molecule has 0 atom stereocenters. The van der Waals surface area contributed by atoms with Crippen LogP contribution in [0, 0.1) is 0 Å². The van der Waals surface area contributed by atoms with Gasteiger partial charge in [0.2, 0.25) is 5.78 Å². The number of allylic oxidation sites excluding steroid dienone is 2. The van der Waals surface area contributed by atoms with Crippen LogP contribution < -0.4 is 10.2 Å². The molecule has 0 saturated heterocycles. The van der Waals surface area contributed by atoms with Gasteiger partial charge in [0, 0.05) is 42.7 Å². The predicted octanol–water partition coefficient (Wildman–Crippen LogP) is 3.13. The van der Waals surface area contributed by atoms with E-state index in [1.807, 2.05) is 43.3 Å². The van der Waals surface area contributed by atoms with E-state index in [1.165, 1.54) is 6.08 Å². The van der Waals surface area contributed by atoms with E-state index in [9.17, 15) is 9.59 Å². The van der Waals surface area contributed by atoms with Gasteiger partial charge in [-0.2, -0.15) is 0 Å². The Labute approximate surface area is 129 Å². The van der Waals surface area contributed by atoms with Gasteiger partial charge in [-0.05, 0) is 24.3 Å². The zero-order valence-corrected chi connectivity index (χ0v) is 12.5. The molecule has 0 spiro atoms. The summed E-state index contributed by atoms with van der Waals surface area (Å²) in [6.07, 6.45) is 1.37. The molecule has 0 aromatic heterocycles. The number of ketones is 2. The summed E-state index contributed by atoms with van der Waals surface area (Å²) in [7, 11) is 3.93. The van der Waals surface area contributed by atoms with E-state index in [4.69, 9.17) is 0 Å². The fraction of sp³-hybridized carbons (Fsp3) is 0.111. The van der Waals surface area contributed by atoms with Gasteiger partial charge in [0.1, 0.15) is 0 Å². The molecule has 3 rings (SSSR count). The maximum atomic E-state index is 12.5. The molecule has 110 valence electrons. The number of rotatable bonds is 3. The highest BCUT2D eigenvalue weighted by molar-refractivity contribution is 6.25. The summed E-state index contributed by atoms with van der Waals surface area (Å²) in [6, 6.07) is 14.5. The summed E-state index contributed by atoms with van der Waals surface area (Å²) in [6.45, 7) is 0. The molecule has 0 radical (unpaired) electrons. The molecule has 4 nitrogen and oxygen atoms in total. The molecule has 0 saturated carbocycles. The molecule has 4 heteroatoms. The van der Waals surface area contributed by atoms with Gasteiger partial charge in [-0.15, -0.1) is 0 Å². The lowest BCUT2D eigenvalue weighted by molar-refractivity contribution is 0.0985. The Bertz CT molecular complexity index is 774. The number of Topliss-reactive ketones (excluding diaryl/α,β-unsaturated/α-hetero) is 1. The van der Waals surface area contributed by atoms with Gasteiger partial charge in [-0.25, -0.2) is 0 Å². The number of nitrogens with zero attached hydrogens (tertiary/aromatic N) is 1. The largest absolute Gasteiger partial charge is 0.378 e. The zero-order valence-electron chi connectivity index (χ0n) is 12.5. The number of hydrogen-bond donors (Lipinski definition) is 1. The minimum Gasteiger partial charge on any atom is -0.378 e. The van der Waals surface area contributed by atoms with Crippen LogP contribution in [0.5, 0.6) is 0 Å². The van der Waals surface area contributed by atoms with Gasteiger partial charge < -0.3 is 10.2 Å². The fourth-order valence-electron chi connectivity index (χ4n) is 2.41. The number of carbonyl (C=O) groups is 2. The summed E-state index contributed by atoms with van der Waals surface area (Å²) >= 11 is 0. The highest BCUT2D eigenvalue weighted by Gasteiger charge is 2.25. The van der Waals surface area contributed by atoms with Gasteiger partial charge in [0.25, 0.3) is 0 Å². The Kier molecular flexibility index (Phi) is 3.51. The molecule has 0 unspecified atom stereocenters. The first-order chi connectivity index (χ1) is 10.6. The zero-order chi connectivity index (χ0) is 15.7. The Morgan fingerprint density at radius 3 is 2.14 bits per heavy atom. The van der Waals surface area contributed by atoms with Crippen molar-refractivity contribution in [2.75, 3.05) is 24.3 Å². The van der Waals surface area contributed by atoms with E-state index in [-0.39, 0.29) is 11.6 Å². The Hall–Kier alpha value is -2.88. The van der Waals surface area contributed by atoms with Gasteiger partial charge >= 0.3 is 0 Å². The molecule has 0 aliphatic heterocycles. The lowest BCUT2D eigenvalue weighted by atomic mass is 9.92. The van der Waals surface area contributed by atoms with Gasteiger partial charge in [-0.1, -0.05) is 24.3 Å². The minimum atomic E-state index is -0.160. The fourth-order valence-corrected chi connectivity index (χ4v) is 2.41. The number of carbonyl (C=O) groups excluding carboxylic acids is 2. The SMILES string of the molecule is CN(C)c1ccc(NC2=CC(=O)c3ccccc3C2=O)cc1. The first-order valence-corrected chi connectivity index (χ1v) is 7.00. The van der Waals surface area contributed by atoms with Gasteiger partial charge in [0.15, 0.2) is 5.78 Å². The molecular weight excluding hydrogens is 276 g/mol. The van der Waals surface area contributed by atoms with Crippen molar-refractivity contribution in [1.29, 1.82) is 0 Å². The second kappa shape index (κ2) is 5.48. The standard InChI is InChI=1S/C18H16N2O2/c1-20(2)13-9-7-12(8-10-13)19-16-11-17(21)14-5-3-4-6-15(14)18(16)22/h3-11,19H,1-2H3. The number of hydrogen-bond acceptors (Lipinski definition) is 4. The quantitative estimate of drug-likeness (QED) is 0.944. The molecule has 0 amide bonds. The van der Waals surface area contributed by atoms with Crippen molar-refractivity contribution in [2.24, 2.45) is 0 Å². The first kappa shape index (κ1) is 14.1. The van der Waals surface area contributed by atoms with Crippen molar-refractivity contribution in [3.63, 3.8) is 0 Å². The highest BCUT2D eigenvalue weighted by Crippen LogP contribution is 2.23. The van der Waals surface area contributed by atoms with E-state index < -0.39 is 0 Å². The van der Waals surface area contributed by atoms with Crippen molar-refractivity contribution in [3.05, 3.63) is 71.4 Å². The number of nitrogens with one attached hydrogen (secondary N) is 1. The van der Waals surface area contributed by atoms with Crippen molar-refractivity contribution >= 4 is 22.9 Å². The van der Waals surface area contributed by atoms with E-state index >= 15 is 0 Å². The Balaban J connectivity index is 1.87. The van der Waals surface area contributed by atoms with Crippen LogP contribution in [0.25, 0.3) is 0 Å². The second-order valence-electron chi connectivity index (χ2n) is 5.36. The molecule has 2 aromatic rings. The smallest absolute Gasteiger partial charge is 0.210 e. The third kappa shape index (κ3) is 2.51. The summed E-state index contributed by atoms with van der Waals surface area (Å²) in [5, 5.41) is 3.04. The maximum Gasteiger partial charge on any atom is 0.210 e. The van der Waals surface area contributed by atoms with Crippen LogP contribution >= 0.6 is 0 Å². The topological polar surface area (TPSA) is 49.4 Å². The molecule has 2 aromatic carbocycles. The Morgan fingerprint density at radius 1 is 0.864 bits per heavy atom. The van der Waals surface area contributed by atoms with E-state index in [0.29, 0.717) is 16.8 Å². The van der Waals surface area contributed by atoms with Gasteiger partial charge in [-0.3, -0.25) is 9.59 Å². The average molecular weight is 292 g/mol. The van der Waals surface area contributed by atoms with Gasteiger partial charge in [0.05, 0.1) is 5.70 Å². The summed E-state index contributed by atoms with van der Waals surface area (Å²) < 4.78 is 0. The number of anilines is 2. The Morgan fingerprint density at radius 2 is 1.50 bits per heavy atom. The lowest BCUT2D eigenvalue weighted by Crippen LogP contribution is -2.21. The van der Waals surface area contributed by atoms with Crippen LogP contribution in [0.2, 0.25) is 0 Å². The van der Waals surface area contributed by atoms with Crippen LogP contribution in [-0.2, 0) is 0 Å². The molecule has 0 heterocycles. The molecule has 1 N–H and O–H groups in total. The highest BCUT2D eigenvalue weighted by atomic mass is 16.1. The van der Waals surface area contributed by atoms with Crippen molar-refractivity contribution in [3.8, 4) is 0 Å². The number of fused-ring (bicyclic) bond motifs is 1. The van der Waals surface area contributed by atoms with Crippen LogP contribution in [0.3, 0.4) is 0 Å². The van der Waals surface area contributed by atoms with Crippen molar-refractivity contribution < 1.29 is 9.59 Å². The third-order valence-electron chi connectivity index (χ3n) is 3.62. The van der Waals surface area contributed by atoms with Crippen LogP contribution in [0.15, 0.2) is 60.3 Å². The summed E-state index contributed by atoms with van der Waals surface area (Å²) in [4.78, 5) is 26.5. The molecule has 22 heavy (non-hydrogen) atoms. The van der Waals surface area contributed by atoms with E-state index in [0.717, 1.165) is 11.4 Å². The van der Waals surface area contributed by atoms with Crippen molar-refractivity contribution in [2.45, 2.75) is 0 Å². The summed E-state index contributed by atoms with van der Waals surface area (Å²) in [5.41, 5.74) is 3.05. The lowest BCUT2D eigenvalue weighted by Gasteiger charge is -2.17. The van der Waals surface area contributed by atoms with Crippen LogP contribution in [0.1, 0.15) is 20.7 Å².